The van der Waals surface area contributed by atoms with E-state index in [9.17, 15) is 4.79 Å². The lowest BCUT2D eigenvalue weighted by Gasteiger charge is -1.91. The highest BCUT2D eigenvalue weighted by atomic mass is 35.5. The van der Waals surface area contributed by atoms with E-state index in [-0.39, 0.29) is 5.78 Å². The van der Waals surface area contributed by atoms with Crippen LogP contribution < -0.4 is 0 Å². The molecule has 4 heteroatoms. The van der Waals surface area contributed by atoms with Gasteiger partial charge in [-0.15, -0.1) is 11.6 Å². The van der Waals surface area contributed by atoms with Crippen LogP contribution in [0, 0.1) is 0 Å². The summed E-state index contributed by atoms with van der Waals surface area (Å²) in [5, 5.41) is 0. The molecule has 60 valence electrons. The van der Waals surface area contributed by atoms with Crippen molar-refractivity contribution in [2.45, 2.75) is 12.8 Å². The highest BCUT2D eigenvalue weighted by Gasteiger charge is 2.05. The first-order chi connectivity index (χ1) is 5.34. The number of carbonyl (C=O) groups is 1. The summed E-state index contributed by atoms with van der Waals surface area (Å²) in [4.78, 5) is 11.9. The van der Waals surface area contributed by atoms with Crippen molar-refractivity contribution in [3.8, 4) is 0 Å². The van der Waals surface area contributed by atoms with E-state index in [2.05, 4.69) is 4.37 Å². The molecule has 0 aromatic carbocycles. The van der Waals surface area contributed by atoms with Gasteiger partial charge in [-0.1, -0.05) is 0 Å². The van der Waals surface area contributed by atoms with E-state index in [0.717, 1.165) is 11.3 Å². The first-order valence-corrected chi connectivity index (χ1v) is 4.65. The molecule has 0 N–H and O–H groups in total. The lowest BCUT2D eigenvalue weighted by molar-refractivity contribution is 0.0986. The zero-order valence-electron chi connectivity index (χ0n) is 5.92. The summed E-state index contributed by atoms with van der Waals surface area (Å²) in [5.41, 5.74) is 0. The molecule has 1 rings (SSSR count). The largest absolute Gasteiger partial charge is 0.293 e. The average molecular weight is 190 g/mol. The Morgan fingerprint density at radius 2 is 2.55 bits per heavy atom. The molecule has 0 spiro atoms. The number of hydrogen-bond donors (Lipinski definition) is 0. The molecule has 0 saturated heterocycles. The standard InChI is InChI=1S/C7H8ClNOS/c8-4-1-2-6(10)7-3-5-9-11-7/h3,5H,1-2,4H2. The smallest absolute Gasteiger partial charge is 0.174 e. The van der Waals surface area contributed by atoms with E-state index in [0.29, 0.717) is 12.3 Å². The maximum Gasteiger partial charge on any atom is 0.174 e. The number of hydrogen-bond acceptors (Lipinski definition) is 3. The molecule has 1 heterocycles. The van der Waals surface area contributed by atoms with E-state index in [1.54, 1.807) is 12.3 Å². The van der Waals surface area contributed by atoms with Crippen molar-refractivity contribution in [3.63, 3.8) is 0 Å². The van der Waals surface area contributed by atoms with E-state index < -0.39 is 0 Å². The molecule has 0 radical (unpaired) electrons. The van der Waals surface area contributed by atoms with Gasteiger partial charge in [0.2, 0.25) is 0 Å². The Kier molecular flexibility index (Phi) is 3.52. The van der Waals surface area contributed by atoms with Crippen molar-refractivity contribution in [1.29, 1.82) is 0 Å². The normalized spacial score (nSPS) is 9.91. The highest BCUT2D eigenvalue weighted by Crippen LogP contribution is 2.09. The summed E-state index contributed by atoms with van der Waals surface area (Å²) in [5.74, 6) is 0.693. The Balaban J connectivity index is 2.43. The monoisotopic (exact) mass is 189 g/mol. The fourth-order valence-electron chi connectivity index (χ4n) is 0.710. The van der Waals surface area contributed by atoms with Gasteiger partial charge in [0.25, 0.3) is 0 Å². The topological polar surface area (TPSA) is 30.0 Å². The second-order valence-electron chi connectivity index (χ2n) is 2.09. The van der Waals surface area contributed by atoms with Crippen LogP contribution in [-0.2, 0) is 0 Å². The number of halogens is 1. The number of alkyl halides is 1. The van der Waals surface area contributed by atoms with Gasteiger partial charge in [0.15, 0.2) is 5.78 Å². The quantitative estimate of drug-likeness (QED) is 0.538. The molecule has 0 aliphatic rings. The van der Waals surface area contributed by atoms with Crippen LogP contribution in [0.3, 0.4) is 0 Å². The predicted octanol–water partition coefficient (Wildman–Crippen LogP) is 2.34. The van der Waals surface area contributed by atoms with Crippen LogP contribution in [0.5, 0.6) is 0 Å². The van der Waals surface area contributed by atoms with Gasteiger partial charge in [0.05, 0.1) is 4.88 Å². The van der Waals surface area contributed by atoms with Crippen LogP contribution in [0.4, 0.5) is 0 Å². The molecular formula is C7H8ClNOS. The zero-order chi connectivity index (χ0) is 8.10. The SMILES string of the molecule is O=C(CCCCl)c1ccns1. The van der Waals surface area contributed by atoms with Crippen LogP contribution in [0.15, 0.2) is 12.3 Å². The summed E-state index contributed by atoms with van der Waals surface area (Å²) in [6, 6.07) is 1.74. The molecule has 0 fully saturated rings. The molecule has 11 heavy (non-hydrogen) atoms. The van der Waals surface area contributed by atoms with E-state index in [1.165, 1.54) is 11.5 Å². The van der Waals surface area contributed by atoms with E-state index in [1.807, 2.05) is 0 Å². The molecule has 1 aromatic rings. The Morgan fingerprint density at radius 3 is 3.09 bits per heavy atom. The van der Waals surface area contributed by atoms with Crippen molar-refractivity contribution in [2.75, 3.05) is 5.88 Å². The van der Waals surface area contributed by atoms with Gasteiger partial charge in [-0.2, -0.15) is 0 Å². The summed E-state index contributed by atoms with van der Waals surface area (Å²) >= 11 is 6.68. The fourth-order valence-corrected chi connectivity index (χ4v) is 1.40. The lowest BCUT2D eigenvalue weighted by atomic mass is 10.2. The van der Waals surface area contributed by atoms with Gasteiger partial charge in [0, 0.05) is 18.5 Å². The van der Waals surface area contributed by atoms with Crippen molar-refractivity contribution < 1.29 is 4.79 Å². The lowest BCUT2D eigenvalue weighted by Crippen LogP contribution is -1.95. The zero-order valence-corrected chi connectivity index (χ0v) is 7.49. The third-order valence-electron chi connectivity index (χ3n) is 1.25. The summed E-state index contributed by atoms with van der Waals surface area (Å²) < 4.78 is 3.84. The molecular weight excluding hydrogens is 182 g/mol. The molecule has 0 aliphatic carbocycles. The van der Waals surface area contributed by atoms with Crippen molar-refractivity contribution >= 4 is 28.9 Å². The number of Topliss-reactive ketones (excluding diaryl/α,β-unsaturated/α-hetero) is 1. The molecule has 2 nitrogen and oxygen atoms in total. The minimum absolute atomic E-state index is 0.146. The number of ketones is 1. The molecule has 0 bridgehead atoms. The highest BCUT2D eigenvalue weighted by molar-refractivity contribution is 7.08. The molecule has 0 amide bonds. The van der Waals surface area contributed by atoms with E-state index in [4.69, 9.17) is 11.6 Å². The first-order valence-electron chi connectivity index (χ1n) is 3.34. The van der Waals surface area contributed by atoms with Gasteiger partial charge in [-0.25, -0.2) is 4.37 Å². The second-order valence-corrected chi connectivity index (χ2v) is 3.30. The molecule has 0 aliphatic heterocycles. The van der Waals surface area contributed by atoms with Crippen LogP contribution in [0.2, 0.25) is 0 Å². The van der Waals surface area contributed by atoms with Gasteiger partial charge in [0.1, 0.15) is 0 Å². The Morgan fingerprint density at radius 1 is 1.73 bits per heavy atom. The van der Waals surface area contributed by atoms with Crippen LogP contribution in [-0.4, -0.2) is 16.0 Å². The van der Waals surface area contributed by atoms with Crippen molar-refractivity contribution in [1.82, 2.24) is 4.37 Å². The predicted molar refractivity (Wildman–Crippen MR) is 46.4 cm³/mol. The van der Waals surface area contributed by atoms with Gasteiger partial charge >= 0.3 is 0 Å². The van der Waals surface area contributed by atoms with Crippen LogP contribution in [0.1, 0.15) is 22.5 Å². The van der Waals surface area contributed by atoms with Crippen LogP contribution >= 0.6 is 23.1 Å². The summed E-state index contributed by atoms with van der Waals surface area (Å²) in [6.45, 7) is 0. The Labute approximate surface area is 74.4 Å². The molecule has 1 aromatic heterocycles. The minimum Gasteiger partial charge on any atom is -0.293 e. The van der Waals surface area contributed by atoms with Crippen LogP contribution in [0.25, 0.3) is 0 Å². The van der Waals surface area contributed by atoms with Gasteiger partial charge in [-0.05, 0) is 24.0 Å². The molecule has 0 unspecified atom stereocenters. The molecule has 0 saturated carbocycles. The van der Waals surface area contributed by atoms with Crippen molar-refractivity contribution in [2.24, 2.45) is 0 Å². The third kappa shape index (κ3) is 2.60. The Hall–Kier alpha value is -0.410. The van der Waals surface area contributed by atoms with Crippen molar-refractivity contribution in [3.05, 3.63) is 17.1 Å². The third-order valence-corrected chi connectivity index (χ3v) is 2.30. The molecule has 0 atom stereocenters. The maximum atomic E-state index is 11.2. The van der Waals surface area contributed by atoms with E-state index >= 15 is 0 Å². The number of aromatic nitrogens is 1. The Bertz CT molecular complexity index is 222. The number of carbonyl (C=O) groups excluding carboxylic acids is 1. The fraction of sp³-hybridized carbons (Fsp3) is 0.429. The number of rotatable bonds is 4. The second kappa shape index (κ2) is 4.46. The summed E-state index contributed by atoms with van der Waals surface area (Å²) in [6.07, 6.45) is 2.92. The summed E-state index contributed by atoms with van der Waals surface area (Å²) in [7, 11) is 0. The minimum atomic E-state index is 0.146. The number of nitrogens with zero attached hydrogens (tertiary/aromatic N) is 1. The average Bonchev–Trinajstić information content (AvgIpc) is 2.52. The first kappa shape index (κ1) is 8.68. The van der Waals surface area contributed by atoms with Gasteiger partial charge < -0.3 is 0 Å². The van der Waals surface area contributed by atoms with Gasteiger partial charge in [-0.3, -0.25) is 4.79 Å². The maximum absolute atomic E-state index is 11.2.